The minimum atomic E-state index is -0.637. The van der Waals surface area contributed by atoms with E-state index in [-0.39, 0.29) is 12.2 Å². The number of thiazole rings is 1. The number of hydrogen-bond acceptors (Lipinski definition) is 7. The Bertz CT molecular complexity index is 1550. The maximum atomic E-state index is 14.0. The third kappa shape index (κ3) is 5.71. The molecule has 2 heterocycles. The normalized spacial score (nSPS) is 15.3. The zero-order valence-electron chi connectivity index (χ0n) is 23.4. The van der Waals surface area contributed by atoms with Gasteiger partial charge in [-0.05, 0) is 49.5 Å². The Morgan fingerprint density at radius 3 is 2.46 bits per heavy atom. The molecule has 0 fully saturated rings. The van der Waals surface area contributed by atoms with Crippen molar-refractivity contribution in [3.05, 3.63) is 90.1 Å². The van der Waals surface area contributed by atoms with Crippen LogP contribution in [0.4, 0.5) is 0 Å². The summed E-state index contributed by atoms with van der Waals surface area (Å²) in [6.07, 6.45) is 3.21. The molecule has 0 amide bonds. The van der Waals surface area contributed by atoms with Crippen molar-refractivity contribution in [3.63, 3.8) is 0 Å². The van der Waals surface area contributed by atoms with Crippen LogP contribution in [0.1, 0.15) is 76.1 Å². The molecule has 3 aromatic rings. The van der Waals surface area contributed by atoms with Crippen molar-refractivity contribution in [2.45, 2.75) is 59.4 Å². The van der Waals surface area contributed by atoms with E-state index in [9.17, 15) is 9.59 Å². The number of para-hydroxylation sites is 1. The SMILES string of the molecule is CCCC1=C(C(=O)OCC)[C@@H](c2ccc(C(C)C)cc2)n2c(s/c(=C\c3cccc(OC)c3OCC)c2=O)=N1. The van der Waals surface area contributed by atoms with Gasteiger partial charge in [0.2, 0.25) is 0 Å². The minimum Gasteiger partial charge on any atom is -0.493 e. The first kappa shape index (κ1) is 28.4. The van der Waals surface area contributed by atoms with Crippen molar-refractivity contribution in [1.29, 1.82) is 0 Å². The van der Waals surface area contributed by atoms with E-state index in [1.165, 1.54) is 16.9 Å². The number of fused-ring (bicyclic) bond motifs is 1. The van der Waals surface area contributed by atoms with Gasteiger partial charge in [0.15, 0.2) is 16.3 Å². The molecule has 0 bridgehead atoms. The highest BCUT2D eigenvalue weighted by molar-refractivity contribution is 7.07. The summed E-state index contributed by atoms with van der Waals surface area (Å²) in [5, 5.41) is 0. The molecule has 39 heavy (non-hydrogen) atoms. The van der Waals surface area contributed by atoms with E-state index in [0.717, 1.165) is 17.5 Å². The lowest BCUT2D eigenvalue weighted by Gasteiger charge is -2.26. The second kappa shape index (κ2) is 12.5. The van der Waals surface area contributed by atoms with E-state index in [1.807, 2.05) is 50.3 Å². The fraction of sp³-hybridized carbons (Fsp3) is 0.387. The van der Waals surface area contributed by atoms with Gasteiger partial charge < -0.3 is 14.2 Å². The quantitative estimate of drug-likeness (QED) is 0.329. The van der Waals surface area contributed by atoms with Crippen LogP contribution in [0.25, 0.3) is 6.08 Å². The molecule has 0 radical (unpaired) electrons. The molecule has 2 aromatic carbocycles. The third-order valence-electron chi connectivity index (χ3n) is 6.62. The number of rotatable bonds is 10. The van der Waals surface area contributed by atoms with Crippen LogP contribution in [0, 0.1) is 0 Å². The van der Waals surface area contributed by atoms with Crippen LogP contribution in [-0.4, -0.2) is 30.9 Å². The van der Waals surface area contributed by atoms with Gasteiger partial charge in [0.1, 0.15) is 0 Å². The van der Waals surface area contributed by atoms with Crippen molar-refractivity contribution >= 4 is 23.4 Å². The summed E-state index contributed by atoms with van der Waals surface area (Å²) in [6.45, 7) is 10.7. The Morgan fingerprint density at radius 2 is 1.85 bits per heavy atom. The van der Waals surface area contributed by atoms with Gasteiger partial charge in [-0.1, -0.05) is 74.9 Å². The number of methoxy groups -OCH3 is 1. The predicted octanol–water partition coefficient (Wildman–Crippen LogP) is 5.11. The molecule has 7 nitrogen and oxygen atoms in total. The van der Waals surface area contributed by atoms with Crippen LogP contribution in [0.5, 0.6) is 11.5 Å². The standard InChI is InChI=1S/C31H36N2O5S/c1-7-11-23-26(30(35)38-9-3)27(21-16-14-20(15-17-21)19(4)5)33-29(34)25(39-31(33)32-23)18-22-12-10-13-24(36-6)28(22)37-8-2/h10,12-19,27H,7-9,11H2,1-6H3/b25-18-/t27-/m1/s1. The number of hydrogen-bond donors (Lipinski definition) is 0. The monoisotopic (exact) mass is 548 g/mol. The zero-order valence-corrected chi connectivity index (χ0v) is 24.3. The number of allylic oxidation sites excluding steroid dienone is 1. The molecule has 0 spiro atoms. The Hall–Kier alpha value is -3.65. The van der Waals surface area contributed by atoms with Gasteiger partial charge in [-0.3, -0.25) is 9.36 Å². The molecular weight excluding hydrogens is 512 g/mol. The van der Waals surface area contributed by atoms with E-state index in [2.05, 4.69) is 26.0 Å². The van der Waals surface area contributed by atoms with Gasteiger partial charge in [-0.2, -0.15) is 0 Å². The zero-order chi connectivity index (χ0) is 28.1. The molecule has 1 aliphatic rings. The highest BCUT2D eigenvalue weighted by Gasteiger charge is 2.34. The molecule has 0 aliphatic carbocycles. The van der Waals surface area contributed by atoms with Gasteiger partial charge in [0, 0.05) is 5.56 Å². The van der Waals surface area contributed by atoms with Gasteiger partial charge in [0.05, 0.1) is 42.2 Å². The van der Waals surface area contributed by atoms with Gasteiger partial charge in [-0.25, -0.2) is 9.79 Å². The molecule has 0 N–H and O–H groups in total. The van der Waals surface area contributed by atoms with Crippen LogP contribution in [0.2, 0.25) is 0 Å². The number of benzene rings is 2. The first-order valence-corrected chi connectivity index (χ1v) is 14.3. The summed E-state index contributed by atoms with van der Waals surface area (Å²) < 4.78 is 19.0. The summed E-state index contributed by atoms with van der Waals surface area (Å²) in [6, 6.07) is 13.1. The molecule has 206 valence electrons. The molecule has 8 heteroatoms. The van der Waals surface area contributed by atoms with Crippen molar-refractivity contribution in [2.75, 3.05) is 20.3 Å². The molecule has 0 saturated carbocycles. The van der Waals surface area contributed by atoms with Gasteiger partial charge in [0.25, 0.3) is 5.56 Å². The number of ether oxygens (including phenoxy) is 3. The molecule has 1 atom stereocenters. The first-order valence-electron chi connectivity index (χ1n) is 13.5. The van der Waals surface area contributed by atoms with Crippen LogP contribution in [-0.2, 0) is 9.53 Å². The van der Waals surface area contributed by atoms with Crippen molar-refractivity contribution in [1.82, 2.24) is 4.57 Å². The Balaban J connectivity index is 1.99. The summed E-state index contributed by atoms with van der Waals surface area (Å²) >= 11 is 1.31. The van der Waals surface area contributed by atoms with E-state index >= 15 is 0 Å². The molecule has 0 unspecified atom stereocenters. The van der Waals surface area contributed by atoms with Crippen molar-refractivity contribution in [3.8, 4) is 11.5 Å². The second-order valence-electron chi connectivity index (χ2n) is 9.55. The Morgan fingerprint density at radius 1 is 1.10 bits per heavy atom. The Kier molecular flexibility index (Phi) is 9.07. The van der Waals surface area contributed by atoms with Gasteiger partial charge in [-0.15, -0.1) is 0 Å². The smallest absolute Gasteiger partial charge is 0.338 e. The molecular formula is C31H36N2O5S. The van der Waals surface area contributed by atoms with E-state index in [0.29, 0.717) is 51.0 Å². The van der Waals surface area contributed by atoms with Crippen LogP contribution in [0.15, 0.2) is 63.5 Å². The lowest BCUT2D eigenvalue weighted by atomic mass is 9.92. The second-order valence-corrected chi connectivity index (χ2v) is 10.6. The third-order valence-corrected chi connectivity index (χ3v) is 7.60. The summed E-state index contributed by atoms with van der Waals surface area (Å²) in [5.74, 6) is 1.09. The summed E-state index contributed by atoms with van der Waals surface area (Å²) in [5.41, 5.74) is 3.62. The van der Waals surface area contributed by atoms with E-state index in [4.69, 9.17) is 19.2 Å². The summed E-state index contributed by atoms with van der Waals surface area (Å²) in [7, 11) is 1.59. The molecule has 1 aromatic heterocycles. The average molecular weight is 549 g/mol. The summed E-state index contributed by atoms with van der Waals surface area (Å²) in [4.78, 5) is 32.8. The Labute approximate surface area is 233 Å². The minimum absolute atomic E-state index is 0.223. The maximum Gasteiger partial charge on any atom is 0.338 e. The van der Waals surface area contributed by atoms with Gasteiger partial charge >= 0.3 is 5.97 Å². The molecule has 1 aliphatic heterocycles. The average Bonchev–Trinajstić information content (AvgIpc) is 3.23. The first-order chi connectivity index (χ1) is 18.8. The fourth-order valence-corrected chi connectivity index (χ4v) is 5.76. The van der Waals surface area contributed by atoms with E-state index < -0.39 is 12.0 Å². The fourth-order valence-electron chi connectivity index (χ4n) is 4.75. The predicted molar refractivity (Wildman–Crippen MR) is 154 cm³/mol. The number of aromatic nitrogens is 1. The number of esters is 1. The van der Waals surface area contributed by atoms with Crippen molar-refractivity contribution < 1.29 is 19.0 Å². The lowest BCUT2D eigenvalue weighted by Crippen LogP contribution is -2.40. The number of carbonyl (C=O) groups excluding carboxylic acids is 1. The van der Waals surface area contributed by atoms with Crippen molar-refractivity contribution in [2.24, 2.45) is 4.99 Å². The van der Waals surface area contributed by atoms with Crippen LogP contribution >= 0.6 is 11.3 Å². The largest absolute Gasteiger partial charge is 0.493 e. The van der Waals surface area contributed by atoms with Crippen LogP contribution in [0.3, 0.4) is 0 Å². The number of nitrogens with zero attached hydrogens (tertiary/aromatic N) is 2. The highest BCUT2D eigenvalue weighted by atomic mass is 32.1. The van der Waals surface area contributed by atoms with E-state index in [1.54, 1.807) is 18.6 Å². The maximum absolute atomic E-state index is 14.0. The molecule has 4 rings (SSSR count). The lowest BCUT2D eigenvalue weighted by molar-refractivity contribution is -0.139. The molecule has 0 saturated heterocycles. The highest BCUT2D eigenvalue weighted by Crippen LogP contribution is 2.34. The number of carbonyl (C=O) groups is 1. The topological polar surface area (TPSA) is 79.1 Å². The van der Waals surface area contributed by atoms with Crippen LogP contribution < -0.4 is 24.4 Å².